The Balaban J connectivity index is 1.87. The van der Waals surface area contributed by atoms with E-state index in [1.165, 1.54) is 6.07 Å². The number of hydrogen-bond donors (Lipinski definition) is 0. The number of fused-ring (bicyclic) bond motifs is 2. The van der Waals surface area contributed by atoms with E-state index in [1.807, 2.05) is 12.1 Å². The van der Waals surface area contributed by atoms with Gasteiger partial charge in [0.25, 0.3) is 0 Å². The summed E-state index contributed by atoms with van der Waals surface area (Å²) in [6, 6.07) is 21.0. The zero-order valence-corrected chi connectivity index (χ0v) is 16.7. The van der Waals surface area contributed by atoms with Gasteiger partial charge in [0.1, 0.15) is 13.2 Å². The van der Waals surface area contributed by atoms with E-state index in [2.05, 4.69) is 16.8 Å². The molecule has 3 aromatic carbocycles. The highest BCUT2D eigenvalue weighted by Crippen LogP contribution is 2.43. The van der Waals surface area contributed by atoms with Crippen LogP contribution in [0, 0.1) is 11.8 Å². The fraction of sp³-hybridized carbons (Fsp3) is 0.115. The van der Waals surface area contributed by atoms with E-state index in [9.17, 15) is 13.2 Å². The van der Waals surface area contributed by atoms with Gasteiger partial charge in [-0.2, -0.15) is 13.2 Å². The number of pyridine rings is 1. The molecule has 0 N–H and O–H groups in total. The summed E-state index contributed by atoms with van der Waals surface area (Å²) in [5, 5.41) is 0.519. The average Bonchev–Trinajstić information content (AvgIpc) is 2.81. The number of halogens is 3. The first-order valence-corrected chi connectivity index (χ1v) is 9.98. The molecule has 5 rings (SSSR count). The molecule has 1 aromatic heterocycles. The van der Waals surface area contributed by atoms with Crippen LogP contribution in [0.2, 0.25) is 0 Å². The maximum Gasteiger partial charge on any atom is 0.434 e. The molecule has 0 saturated carbocycles. The Kier molecular flexibility index (Phi) is 4.95. The van der Waals surface area contributed by atoms with Crippen molar-refractivity contribution in [3.63, 3.8) is 0 Å². The predicted molar refractivity (Wildman–Crippen MR) is 116 cm³/mol. The Hall–Kier alpha value is -3.98. The zero-order chi connectivity index (χ0) is 22.1. The minimum atomic E-state index is -4.69. The molecular formula is C26H16F3NO2. The van der Waals surface area contributed by atoms with E-state index in [0.717, 1.165) is 0 Å². The van der Waals surface area contributed by atoms with Crippen LogP contribution in [0.5, 0.6) is 11.5 Å². The topological polar surface area (TPSA) is 31.4 Å². The van der Waals surface area contributed by atoms with Crippen LogP contribution in [-0.4, -0.2) is 18.2 Å². The van der Waals surface area contributed by atoms with E-state index in [-0.39, 0.29) is 11.1 Å². The number of ether oxygens (including phenoxy) is 2. The molecule has 6 heteroatoms. The van der Waals surface area contributed by atoms with Crippen molar-refractivity contribution in [3.8, 4) is 34.5 Å². The number of hydrogen-bond acceptors (Lipinski definition) is 3. The molecule has 32 heavy (non-hydrogen) atoms. The van der Waals surface area contributed by atoms with Crippen molar-refractivity contribution in [1.29, 1.82) is 0 Å². The van der Waals surface area contributed by atoms with Crippen molar-refractivity contribution in [2.75, 3.05) is 13.2 Å². The van der Waals surface area contributed by atoms with Crippen LogP contribution in [0.3, 0.4) is 0 Å². The van der Waals surface area contributed by atoms with E-state index in [0.29, 0.717) is 46.8 Å². The molecule has 0 atom stereocenters. The summed E-state index contributed by atoms with van der Waals surface area (Å²) in [5.41, 5.74) is 0.566. The van der Waals surface area contributed by atoms with Crippen molar-refractivity contribution >= 4 is 10.9 Å². The fourth-order valence-corrected chi connectivity index (χ4v) is 3.69. The average molecular weight is 431 g/mol. The first-order chi connectivity index (χ1) is 15.5. The molecule has 1 aliphatic rings. The summed E-state index contributed by atoms with van der Waals surface area (Å²) in [6.07, 6.45) is -4.69. The Bertz CT molecular complexity index is 1350. The predicted octanol–water partition coefficient (Wildman–Crippen LogP) is 6.09. The lowest BCUT2D eigenvalue weighted by Crippen LogP contribution is -2.16. The highest BCUT2D eigenvalue weighted by molar-refractivity contribution is 5.99. The maximum absolute atomic E-state index is 14.2. The standard InChI is InChI=1S/C26H16F3NO2/c27-26(28,29)25-19(12-11-17-7-3-1-4-8-17)24(18-9-5-2-6-10-18)20-15-22-23(16-21(20)30-25)32-14-13-31-22/h1-10,15-16H,13-14H2. The monoisotopic (exact) mass is 431 g/mol. The highest BCUT2D eigenvalue weighted by Gasteiger charge is 2.37. The molecule has 158 valence electrons. The van der Waals surface area contributed by atoms with Gasteiger partial charge in [-0.25, -0.2) is 4.98 Å². The second kappa shape index (κ2) is 7.93. The summed E-state index contributed by atoms with van der Waals surface area (Å²) in [5.74, 6) is 6.49. The first kappa shape index (κ1) is 20.0. The Morgan fingerprint density at radius 2 is 1.41 bits per heavy atom. The molecule has 1 aliphatic heterocycles. The van der Waals surface area contributed by atoms with Crippen LogP contribution in [-0.2, 0) is 6.18 Å². The van der Waals surface area contributed by atoms with Gasteiger partial charge >= 0.3 is 6.18 Å². The SMILES string of the molecule is FC(F)(F)c1nc2cc3c(cc2c(-c2ccccc2)c1C#Cc1ccccc1)OCCO3. The van der Waals surface area contributed by atoms with Crippen molar-refractivity contribution in [1.82, 2.24) is 4.98 Å². The normalized spacial score (nSPS) is 12.8. The van der Waals surface area contributed by atoms with Gasteiger partial charge in [0, 0.05) is 22.6 Å². The molecule has 2 heterocycles. The summed E-state index contributed by atoms with van der Waals surface area (Å²) in [7, 11) is 0. The summed E-state index contributed by atoms with van der Waals surface area (Å²) >= 11 is 0. The van der Waals surface area contributed by atoms with Crippen LogP contribution in [0.1, 0.15) is 16.8 Å². The number of rotatable bonds is 1. The number of aromatic nitrogens is 1. The summed E-state index contributed by atoms with van der Waals surface area (Å²) < 4.78 is 53.7. The van der Waals surface area contributed by atoms with Gasteiger partial charge in [0.15, 0.2) is 17.2 Å². The maximum atomic E-state index is 14.2. The molecule has 0 bridgehead atoms. The molecule has 0 amide bonds. The molecule has 0 radical (unpaired) electrons. The lowest BCUT2D eigenvalue weighted by molar-refractivity contribution is -0.141. The van der Waals surface area contributed by atoms with Gasteiger partial charge in [-0.3, -0.25) is 0 Å². The third kappa shape index (κ3) is 3.74. The van der Waals surface area contributed by atoms with Crippen molar-refractivity contribution in [2.24, 2.45) is 0 Å². The number of nitrogens with zero attached hydrogens (tertiary/aromatic N) is 1. The third-order valence-electron chi connectivity index (χ3n) is 5.09. The van der Waals surface area contributed by atoms with Gasteiger partial charge < -0.3 is 9.47 Å². The fourth-order valence-electron chi connectivity index (χ4n) is 3.69. The summed E-state index contributed by atoms with van der Waals surface area (Å²) in [6.45, 7) is 0.699. The number of benzene rings is 3. The quantitative estimate of drug-likeness (QED) is 0.342. The van der Waals surface area contributed by atoms with E-state index in [4.69, 9.17) is 9.47 Å². The van der Waals surface area contributed by atoms with Gasteiger partial charge in [-0.1, -0.05) is 60.4 Å². The van der Waals surface area contributed by atoms with E-state index < -0.39 is 11.9 Å². The lowest BCUT2D eigenvalue weighted by atomic mass is 9.93. The summed E-state index contributed by atoms with van der Waals surface area (Å²) in [4.78, 5) is 3.99. The largest absolute Gasteiger partial charge is 0.486 e. The molecule has 4 aromatic rings. The molecule has 0 fully saturated rings. The van der Waals surface area contributed by atoms with Crippen LogP contribution in [0.4, 0.5) is 13.2 Å². The Morgan fingerprint density at radius 1 is 0.781 bits per heavy atom. The molecule has 0 saturated heterocycles. The van der Waals surface area contributed by atoms with Crippen molar-refractivity contribution in [2.45, 2.75) is 6.18 Å². The zero-order valence-electron chi connectivity index (χ0n) is 16.7. The first-order valence-electron chi connectivity index (χ1n) is 9.98. The smallest absolute Gasteiger partial charge is 0.434 e. The highest BCUT2D eigenvalue weighted by atomic mass is 19.4. The van der Waals surface area contributed by atoms with Gasteiger partial charge in [-0.05, 0) is 23.8 Å². The van der Waals surface area contributed by atoms with Gasteiger partial charge in [0.05, 0.1) is 11.1 Å². The van der Waals surface area contributed by atoms with Crippen LogP contribution in [0.15, 0.2) is 72.8 Å². The second-order valence-electron chi connectivity index (χ2n) is 7.20. The molecule has 0 aliphatic carbocycles. The van der Waals surface area contributed by atoms with E-state index in [1.54, 1.807) is 54.6 Å². The van der Waals surface area contributed by atoms with Gasteiger partial charge in [-0.15, -0.1) is 0 Å². The lowest BCUT2D eigenvalue weighted by Gasteiger charge is -2.21. The molecule has 0 unspecified atom stereocenters. The molecule has 3 nitrogen and oxygen atoms in total. The number of alkyl halides is 3. The van der Waals surface area contributed by atoms with Crippen LogP contribution < -0.4 is 9.47 Å². The molecule has 0 spiro atoms. The second-order valence-corrected chi connectivity index (χ2v) is 7.20. The van der Waals surface area contributed by atoms with Crippen molar-refractivity contribution < 1.29 is 22.6 Å². The van der Waals surface area contributed by atoms with Gasteiger partial charge in [0.2, 0.25) is 0 Å². The van der Waals surface area contributed by atoms with Crippen LogP contribution in [0.25, 0.3) is 22.0 Å². The van der Waals surface area contributed by atoms with Crippen molar-refractivity contribution in [3.05, 3.63) is 89.6 Å². The third-order valence-corrected chi connectivity index (χ3v) is 5.09. The minimum Gasteiger partial charge on any atom is -0.486 e. The van der Waals surface area contributed by atoms with E-state index >= 15 is 0 Å². The Labute approximate surface area is 182 Å². The minimum absolute atomic E-state index is 0.170. The molecular weight excluding hydrogens is 415 g/mol. The van der Waals surface area contributed by atoms with Crippen LogP contribution >= 0.6 is 0 Å². The Morgan fingerprint density at radius 3 is 2.06 bits per heavy atom.